The van der Waals surface area contributed by atoms with Crippen LogP contribution in [0, 0.1) is 0 Å². The average Bonchev–Trinajstić information content (AvgIpc) is 2.82. The Morgan fingerprint density at radius 3 is 2.67 bits per heavy atom. The van der Waals surface area contributed by atoms with Crippen molar-refractivity contribution in [2.24, 2.45) is 0 Å². The number of rotatable bonds is 5. The van der Waals surface area contributed by atoms with Gasteiger partial charge in [-0.1, -0.05) is 17.7 Å². The minimum atomic E-state index is 0.114. The number of aromatic nitrogens is 3. The van der Waals surface area contributed by atoms with Crippen molar-refractivity contribution in [1.29, 1.82) is 0 Å². The lowest BCUT2D eigenvalue weighted by Crippen LogP contribution is -2.12. The molecule has 0 aliphatic rings. The Labute approximate surface area is 111 Å². The summed E-state index contributed by atoms with van der Waals surface area (Å²) in [6.07, 6.45) is 3.30. The number of nitrogens with one attached hydrogen (secondary N) is 1. The van der Waals surface area contributed by atoms with E-state index in [0.717, 1.165) is 5.56 Å². The highest BCUT2D eigenvalue weighted by atomic mass is 35.5. The lowest BCUT2D eigenvalue weighted by Gasteiger charge is -2.12. The molecular formula is C12H15ClN4O. The molecule has 0 bridgehead atoms. The molecule has 0 saturated heterocycles. The number of halogens is 1. The number of nitrogens with zero attached hydrogens (tertiary/aromatic N) is 3. The van der Waals surface area contributed by atoms with E-state index < -0.39 is 0 Å². The van der Waals surface area contributed by atoms with Crippen LogP contribution in [0.5, 0.6) is 5.75 Å². The minimum Gasteiger partial charge on any atom is -0.489 e. The van der Waals surface area contributed by atoms with Gasteiger partial charge >= 0.3 is 0 Å². The van der Waals surface area contributed by atoms with Gasteiger partial charge in [0.15, 0.2) is 0 Å². The summed E-state index contributed by atoms with van der Waals surface area (Å²) < 4.78 is 7.26. The molecule has 1 aromatic heterocycles. The standard InChI is InChI=1S/C12H15ClN4O/c1-9(2)18-12-4-3-10(5-11(12)13)6-16-17-7-14-15-8-17/h3-5,7-9,16H,6H2,1-2H3. The second-order valence-electron chi connectivity index (χ2n) is 4.14. The van der Waals surface area contributed by atoms with Crippen molar-refractivity contribution in [3.63, 3.8) is 0 Å². The third-order valence-corrected chi connectivity index (χ3v) is 2.54. The van der Waals surface area contributed by atoms with E-state index in [1.165, 1.54) is 0 Å². The molecule has 2 aromatic rings. The molecule has 0 spiro atoms. The van der Waals surface area contributed by atoms with Gasteiger partial charge in [-0.3, -0.25) is 0 Å². The smallest absolute Gasteiger partial charge is 0.138 e. The van der Waals surface area contributed by atoms with Crippen LogP contribution in [0.3, 0.4) is 0 Å². The molecule has 96 valence electrons. The predicted molar refractivity (Wildman–Crippen MR) is 70.3 cm³/mol. The van der Waals surface area contributed by atoms with E-state index in [0.29, 0.717) is 17.3 Å². The zero-order valence-electron chi connectivity index (χ0n) is 10.3. The molecule has 6 heteroatoms. The molecule has 0 amide bonds. The van der Waals surface area contributed by atoms with Gasteiger partial charge in [0, 0.05) is 0 Å². The second-order valence-corrected chi connectivity index (χ2v) is 4.54. The Kier molecular flexibility index (Phi) is 4.04. The van der Waals surface area contributed by atoms with Crippen LogP contribution in [0.25, 0.3) is 0 Å². The SMILES string of the molecule is CC(C)Oc1ccc(CNn2cnnc2)cc1Cl. The fraction of sp³-hybridized carbons (Fsp3) is 0.333. The molecule has 0 fully saturated rings. The van der Waals surface area contributed by atoms with E-state index in [4.69, 9.17) is 16.3 Å². The van der Waals surface area contributed by atoms with E-state index >= 15 is 0 Å². The van der Waals surface area contributed by atoms with Crippen molar-refractivity contribution in [3.05, 3.63) is 41.4 Å². The molecule has 0 unspecified atom stereocenters. The summed E-state index contributed by atoms with van der Waals surface area (Å²) in [6.45, 7) is 4.58. The van der Waals surface area contributed by atoms with Crippen LogP contribution < -0.4 is 10.2 Å². The lowest BCUT2D eigenvalue weighted by atomic mass is 10.2. The van der Waals surface area contributed by atoms with Crippen molar-refractivity contribution in [2.75, 3.05) is 5.43 Å². The van der Waals surface area contributed by atoms with Crippen molar-refractivity contribution >= 4 is 11.6 Å². The summed E-state index contributed by atoms with van der Waals surface area (Å²) in [5.41, 5.74) is 4.18. The highest BCUT2D eigenvalue weighted by Crippen LogP contribution is 2.26. The Morgan fingerprint density at radius 1 is 1.33 bits per heavy atom. The highest BCUT2D eigenvalue weighted by molar-refractivity contribution is 6.32. The number of ether oxygens (including phenoxy) is 1. The molecule has 0 aliphatic heterocycles. The van der Waals surface area contributed by atoms with E-state index in [-0.39, 0.29) is 6.10 Å². The molecule has 1 heterocycles. The van der Waals surface area contributed by atoms with Crippen LogP contribution in [-0.4, -0.2) is 21.0 Å². The van der Waals surface area contributed by atoms with Gasteiger partial charge in [-0.2, -0.15) is 0 Å². The minimum absolute atomic E-state index is 0.114. The topological polar surface area (TPSA) is 52.0 Å². The molecule has 0 radical (unpaired) electrons. The first-order valence-corrected chi connectivity index (χ1v) is 6.06. The number of benzene rings is 1. The second kappa shape index (κ2) is 5.73. The van der Waals surface area contributed by atoms with Crippen molar-refractivity contribution < 1.29 is 4.74 Å². The third kappa shape index (κ3) is 3.37. The van der Waals surface area contributed by atoms with Crippen LogP contribution in [0.2, 0.25) is 5.02 Å². The third-order valence-electron chi connectivity index (χ3n) is 2.24. The molecule has 18 heavy (non-hydrogen) atoms. The van der Waals surface area contributed by atoms with Gasteiger partial charge in [-0.05, 0) is 31.5 Å². The zero-order chi connectivity index (χ0) is 13.0. The maximum Gasteiger partial charge on any atom is 0.138 e. The molecular weight excluding hydrogens is 252 g/mol. The van der Waals surface area contributed by atoms with Gasteiger partial charge in [0.25, 0.3) is 0 Å². The van der Waals surface area contributed by atoms with Crippen LogP contribution in [0.1, 0.15) is 19.4 Å². The molecule has 5 nitrogen and oxygen atoms in total. The van der Waals surface area contributed by atoms with Crippen molar-refractivity contribution in [2.45, 2.75) is 26.5 Å². The zero-order valence-corrected chi connectivity index (χ0v) is 11.1. The molecule has 1 aromatic carbocycles. The summed E-state index contributed by atoms with van der Waals surface area (Å²) in [6, 6.07) is 5.74. The van der Waals surface area contributed by atoms with Crippen molar-refractivity contribution in [3.8, 4) is 5.75 Å². The average molecular weight is 267 g/mol. The number of hydrogen-bond acceptors (Lipinski definition) is 4. The first-order valence-electron chi connectivity index (χ1n) is 5.69. The normalized spacial score (nSPS) is 10.7. The molecule has 0 aliphatic carbocycles. The Balaban J connectivity index is 2.00. The largest absolute Gasteiger partial charge is 0.489 e. The molecule has 1 N–H and O–H groups in total. The van der Waals surface area contributed by atoms with E-state index in [1.807, 2.05) is 32.0 Å². The van der Waals surface area contributed by atoms with Gasteiger partial charge in [-0.25, -0.2) is 4.68 Å². The maximum absolute atomic E-state index is 6.15. The van der Waals surface area contributed by atoms with Gasteiger partial charge in [0.05, 0.1) is 17.7 Å². The van der Waals surface area contributed by atoms with E-state index in [1.54, 1.807) is 17.3 Å². The van der Waals surface area contributed by atoms with Gasteiger partial charge in [0.2, 0.25) is 0 Å². The summed E-state index contributed by atoms with van der Waals surface area (Å²) in [7, 11) is 0. The summed E-state index contributed by atoms with van der Waals surface area (Å²) in [5.74, 6) is 0.708. The quantitative estimate of drug-likeness (QED) is 0.903. The van der Waals surface area contributed by atoms with Crippen molar-refractivity contribution in [1.82, 2.24) is 14.9 Å². The molecule has 2 rings (SSSR count). The van der Waals surface area contributed by atoms with E-state index in [9.17, 15) is 0 Å². The Morgan fingerprint density at radius 2 is 2.06 bits per heavy atom. The monoisotopic (exact) mass is 266 g/mol. The summed E-state index contributed by atoms with van der Waals surface area (Å²) in [4.78, 5) is 0. The predicted octanol–water partition coefficient (Wildman–Crippen LogP) is 2.46. The van der Waals surface area contributed by atoms with Gasteiger partial charge < -0.3 is 10.2 Å². The Bertz CT molecular complexity index is 499. The molecule has 0 saturated carbocycles. The fourth-order valence-electron chi connectivity index (χ4n) is 1.47. The van der Waals surface area contributed by atoms with Gasteiger partial charge in [0.1, 0.15) is 18.4 Å². The highest BCUT2D eigenvalue weighted by Gasteiger charge is 2.05. The summed E-state index contributed by atoms with van der Waals surface area (Å²) in [5, 5.41) is 8.02. The summed E-state index contributed by atoms with van der Waals surface area (Å²) >= 11 is 6.15. The maximum atomic E-state index is 6.15. The van der Waals surface area contributed by atoms with Gasteiger partial charge in [-0.15, -0.1) is 10.2 Å². The number of hydrogen-bond donors (Lipinski definition) is 1. The first kappa shape index (κ1) is 12.7. The first-order chi connectivity index (χ1) is 8.65. The fourth-order valence-corrected chi connectivity index (χ4v) is 1.72. The molecule has 0 atom stereocenters. The lowest BCUT2D eigenvalue weighted by molar-refractivity contribution is 0.242. The van der Waals surface area contributed by atoms with Crippen LogP contribution in [0.4, 0.5) is 0 Å². The van der Waals surface area contributed by atoms with Crippen LogP contribution >= 0.6 is 11.6 Å². The van der Waals surface area contributed by atoms with Crippen LogP contribution in [0.15, 0.2) is 30.9 Å². The Hall–Kier alpha value is -1.75. The van der Waals surface area contributed by atoms with E-state index in [2.05, 4.69) is 15.6 Å². The van der Waals surface area contributed by atoms with Crippen LogP contribution in [-0.2, 0) is 6.54 Å².